The number of aryl methyl sites for hydroxylation is 1. The van der Waals surface area contributed by atoms with E-state index in [1.165, 1.54) is 12.0 Å². The second kappa shape index (κ2) is 5.48. The number of benzene rings is 1. The Morgan fingerprint density at radius 1 is 1.43 bits per heavy atom. The average molecular weight is 190 g/mol. The van der Waals surface area contributed by atoms with E-state index in [-0.39, 0.29) is 0 Å². The lowest BCUT2D eigenvalue weighted by molar-refractivity contribution is 0.352. The Labute approximate surface area is 86.4 Å². The molecule has 0 heterocycles. The van der Waals surface area contributed by atoms with Crippen molar-refractivity contribution < 1.29 is 4.74 Å². The molecule has 0 saturated carbocycles. The van der Waals surface area contributed by atoms with Gasteiger partial charge in [0.2, 0.25) is 0 Å². The fourth-order valence-electron chi connectivity index (χ4n) is 1.29. The van der Waals surface area contributed by atoms with Gasteiger partial charge in [-0.2, -0.15) is 0 Å². The summed E-state index contributed by atoms with van der Waals surface area (Å²) in [5.41, 5.74) is 2.39. The number of hydrogen-bond acceptors (Lipinski definition) is 1. The summed E-state index contributed by atoms with van der Waals surface area (Å²) in [7, 11) is 0. The van der Waals surface area contributed by atoms with Gasteiger partial charge in [0.05, 0.1) is 0 Å². The van der Waals surface area contributed by atoms with Crippen molar-refractivity contribution in [2.24, 2.45) is 0 Å². The van der Waals surface area contributed by atoms with Crippen LogP contribution in [0.25, 0.3) is 0 Å². The topological polar surface area (TPSA) is 9.23 Å². The Balaban J connectivity index is 2.58. The van der Waals surface area contributed by atoms with Gasteiger partial charge in [0, 0.05) is 0 Å². The highest BCUT2D eigenvalue weighted by Gasteiger charge is 1.96. The van der Waals surface area contributed by atoms with Crippen LogP contribution in [0.1, 0.15) is 25.8 Å². The van der Waals surface area contributed by atoms with Gasteiger partial charge in [-0.25, -0.2) is 0 Å². The van der Waals surface area contributed by atoms with E-state index in [0.717, 1.165) is 17.7 Å². The summed E-state index contributed by atoms with van der Waals surface area (Å²) in [6.07, 6.45) is 2.29. The summed E-state index contributed by atoms with van der Waals surface area (Å²) in [6.45, 7) is 8.56. The van der Waals surface area contributed by atoms with Gasteiger partial charge >= 0.3 is 0 Å². The van der Waals surface area contributed by atoms with Crippen LogP contribution >= 0.6 is 0 Å². The maximum atomic E-state index is 5.55. The van der Waals surface area contributed by atoms with Crippen molar-refractivity contribution in [3.8, 4) is 5.75 Å². The predicted molar refractivity (Wildman–Crippen MR) is 60.7 cm³/mol. The summed E-state index contributed by atoms with van der Waals surface area (Å²) in [5.74, 6) is 0.943. The van der Waals surface area contributed by atoms with Gasteiger partial charge in [0.25, 0.3) is 0 Å². The fraction of sp³-hybridized carbons (Fsp3) is 0.385. The largest absolute Gasteiger partial charge is 0.489 e. The molecule has 0 unspecified atom stereocenters. The summed E-state index contributed by atoms with van der Waals surface area (Å²) >= 11 is 0. The molecular formula is C13H18O. The van der Waals surface area contributed by atoms with Gasteiger partial charge in [-0.1, -0.05) is 32.1 Å². The minimum Gasteiger partial charge on any atom is -0.489 e. The first-order valence-electron chi connectivity index (χ1n) is 5.08. The Morgan fingerprint density at radius 2 is 2.21 bits per heavy atom. The van der Waals surface area contributed by atoms with Crippen molar-refractivity contribution in [1.29, 1.82) is 0 Å². The molecule has 0 saturated heterocycles. The van der Waals surface area contributed by atoms with Gasteiger partial charge in [-0.3, -0.25) is 0 Å². The zero-order chi connectivity index (χ0) is 10.4. The minimum atomic E-state index is 0.607. The molecule has 0 spiro atoms. The Morgan fingerprint density at radius 3 is 2.86 bits per heavy atom. The van der Waals surface area contributed by atoms with E-state index in [2.05, 4.69) is 25.6 Å². The molecule has 0 aliphatic carbocycles. The molecule has 1 heteroatoms. The predicted octanol–water partition coefficient (Wildman–Crippen LogP) is 3.59. The van der Waals surface area contributed by atoms with Crippen molar-refractivity contribution in [2.75, 3.05) is 6.61 Å². The molecule has 1 nitrogen and oxygen atoms in total. The highest BCUT2D eigenvalue weighted by Crippen LogP contribution is 2.15. The number of ether oxygens (including phenoxy) is 1. The van der Waals surface area contributed by atoms with Gasteiger partial charge in [-0.05, 0) is 36.6 Å². The Hall–Kier alpha value is -1.24. The molecule has 0 atom stereocenters. The van der Waals surface area contributed by atoms with Crippen LogP contribution in [0.15, 0.2) is 36.4 Å². The van der Waals surface area contributed by atoms with Crippen LogP contribution in [0.3, 0.4) is 0 Å². The van der Waals surface area contributed by atoms with E-state index < -0.39 is 0 Å². The van der Waals surface area contributed by atoms with E-state index in [1.807, 2.05) is 19.1 Å². The molecule has 1 aromatic carbocycles. The average Bonchev–Trinajstić information content (AvgIpc) is 2.16. The first-order valence-corrected chi connectivity index (χ1v) is 5.08. The minimum absolute atomic E-state index is 0.607. The second-order valence-electron chi connectivity index (χ2n) is 3.64. The zero-order valence-corrected chi connectivity index (χ0v) is 9.05. The third-order valence-corrected chi connectivity index (χ3v) is 1.92. The summed E-state index contributed by atoms with van der Waals surface area (Å²) in [4.78, 5) is 0. The van der Waals surface area contributed by atoms with Crippen LogP contribution in [-0.2, 0) is 6.42 Å². The summed E-state index contributed by atoms with van der Waals surface area (Å²) in [5, 5.41) is 0. The van der Waals surface area contributed by atoms with Gasteiger partial charge in [-0.15, -0.1) is 0 Å². The van der Waals surface area contributed by atoms with Crippen LogP contribution in [0.2, 0.25) is 0 Å². The summed E-state index contributed by atoms with van der Waals surface area (Å²) in [6, 6.07) is 8.27. The van der Waals surface area contributed by atoms with Crippen molar-refractivity contribution >= 4 is 0 Å². The molecular weight excluding hydrogens is 172 g/mol. The molecule has 0 aliphatic heterocycles. The molecule has 1 rings (SSSR count). The molecule has 0 amide bonds. The van der Waals surface area contributed by atoms with Crippen LogP contribution in [0.5, 0.6) is 5.75 Å². The lowest BCUT2D eigenvalue weighted by Crippen LogP contribution is -1.97. The lowest BCUT2D eigenvalue weighted by atomic mass is 10.1. The highest BCUT2D eigenvalue weighted by atomic mass is 16.5. The lowest BCUT2D eigenvalue weighted by Gasteiger charge is -2.07. The third-order valence-electron chi connectivity index (χ3n) is 1.92. The Kier molecular flexibility index (Phi) is 4.24. The maximum absolute atomic E-state index is 5.55. The van der Waals surface area contributed by atoms with E-state index in [9.17, 15) is 0 Å². The monoisotopic (exact) mass is 190 g/mol. The fourth-order valence-corrected chi connectivity index (χ4v) is 1.29. The molecule has 0 radical (unpaired) electrons. The third kappa shape index (κ3) is 3.65. The van der Waals surface area contributed by atoms with Crippen LogP contribution in [-0.4, -0.2) is 6.61 Å². The van der Waals surface area contributed by atoms with Crippen LogP contribution in [0.4, 0.5) is 0 Å². The second-order valence-corrected chi connectivity index (χ2v) is 3.64. The highest BCUT2D eigenvalue weighted by molar-refractivity contribution is 5.28. The number of hydrogen-bond donors (Lipinski definition) is 0. The molecule has 14 heavy (non-hydrogen) atoms. The van der Waals surface area contributed by atoms with Crippen molar-refractivity contribution in [3.63, 3.8) is 0 Å². The van der Waals surface area contributed by atoms with E-state index in [1.54, 1.807) is 0 Å². The Bertz CT molecular complexity index is 302. The standard InChI is InChI=1S/C13H18O/c1-4-6-12-7-5-8-13(9-12)14-10-11(2)3/h5,7-9H,2,4,6,10H2,1,3H3. The molecule has 0 N–H and O–H groups in total. The van der Waals surface area contributed by atoms with Gasteiger partial charge in [0.1, 0.15) is 12.4 Å². The van der Waals surface area contributed by atoms with Gasteiger partial charge < -0.3 is 4.74 Å². The van der Waals surface area contributed by atoms with Crippen LogP contribution < -0.4 is 4.74 Å². The quantitative estimate of drug-likeness (QED) is 0.645. The molecule has 0 aliphatic rings. The maximum Gasteiger partial charge on any atom is 0.120 e. The molecule has 0 bridgehead atoms. The molecule has 1 aromatic rings. The van der Waals surface area contributed by atoms with E-state index in [4.69, 9.17) is 4.74 Å². The SMILES string of the molecule is C=C(C)COc1cccc(CCC)c1. The van der Waals surface area contributed by atoms with Crippen LogP contribution in [0, 0.1) is 0 Å². The molecule has 0 fully saturated rings. The van der Waals surface area contributed by atoms with Crippen molar-refractivity contribution in [2.45, 2.75) is 26.7 Å². The van der Waals surface area contributed by atoms with E-state index in [0.29, 0.717) is 6.61 Å². The van der Waals surface area contributed by atoms with Crippen molar-refractivity contribution in [3.05, 3.63) is 42.0 Å². The normalized spacial score (nSPS) is 9.86. The first kappa shape index (κ1) is 10.8. The smallest absolute Gasteiger partial charge is 0.120 e. The first-order chi connectivity index (χ1) is 6.72. The van der Waals surface area contributed by atoms with Gasteiger partial charge in [0.15, 0.2) is 0 Å². The van der Waals surface area contributed by atoms with Crippen molar-refractivity contribution in [1.82, 2.24) is 0 Å². The number of rotatable bonds is 5. The van der Waals surface area contributed by atoms with E-state index >= 15 is 0 Å². The molecule has 76 valence electrons. The summed E-state index contributed by atoms with van der Waals surface area (Å²) < 4.78 is 5.55. The zero-order valence-electron chi connectivity index (χ0n) is 9.05. The molecule has 0 aromatic heterocycles.